The van der Waals surface area contributed by atoms with E-state index >= 15 is 0 Å². The zero-order valence-corrected chi connectivity index (χ0v) is 6.42. The van der Waals surface area contributed by atoms with E-state index in [0.29, 0.717) is 5.92 Å². The highest BCUT2D eigenvalue weighted by Gasteiger charge is 2.21. The number of allylic oxidation sites excluding steroid dienone is 1. The van der Waals surface area contributed by atoms with Crippen molar-refractivity contribution in [3.63, 3.8) is 0 Å². The average molecular weight is 149 g/mol. The van der Waals surface area contributed by atoms with E-state index in [-0.39, 0.29) is 5.91 Å². The third-order valence-corrected chi connectivity index (χ3v) is 2.35. The Labute approximate surface area is 66.0 Å². The second-order valence-corrected chi connectivity index (χ2v) is 3.15. The lowest BCUT2D eigenvalue weighted by Gasteiger charge is -2.22. The van der Waals surface area contributed by atoms with E-state index in [4.69, 9.17) is 0 Å². The molecule has 0 aromatic carbocycles. The fourth-order valence-corrected chi connectivity index (χ4v) is 1.75. The lowest BCUT2D eigenvalue weighted by molar-refractivity contribution is -0.113. The fourth-order valence-electron chi connectivity index (χ4n) is 1.75. The van der Waals surface area contributed by atoms with E-state index in [1.54, 1.807) is 6.08 Å². The SMILES string of the molecule is O=C1C=CC2CCCCC2=N1. The summed E-state index contributed by atoms with van der Waals surface area (Å²) in [6.45, 7) is 0. The number of hydrogen-bond donors (Lipinski definition) is 0. The summed E-state index contributed by atoms with van der Waals surface area (Å²) in [5.74, 6) is 0.416. The first kappa shape index (κ1) is 6.77. The van der Waals surface area contributed by atoms with E-state index in [1.807, 2.05) is 6.08 Å². The Hall–Kier alpha value is -0.920. The Morgan fingerprint density at radius 3 is 3.27 bits per heavy atom. The van der Waals surface area contributed by atoms with Crippen molar-refractivity contribution < 1.29 is 4.79 Å². The molecule has 2 nitrogen and oxygen atoms in total. The van der Waals surface area contributed by atoms with Gasteiger partial charge in [-0.15, -0.1) is 0 Å². The van der Waals surface area contributed by atoms with Gasteiger partial charge in [-0.1, -0.05) is 12.5 Å². The number of carbonyl (C=O) groups excluding carboxylic acids is 1. The number of carbonyl (C=O) groups is 1. The van der Waals surface area contributed by atoms with Gasteiger partial charge in [0.1, 0.15) is 0 Å². The molecule has 0 radical (unpaired) electrons. The minimum atomic E-state index is -0.0712. The van der Waals surface area contributed by atoms with Crippen LogP contribution in [0.2, 0.25) is 0 Å². The summed E-state index contributed by atoms with van der Waals surface area (Å²) in [4.78, 5) is 14.8. The number of aliphatic imine (C=N–C) groups is 1. The van der Waals surface area contributed by atoms with Crippen molar-refractivity contribution in [2.24, 2.45) is 10.9 Å². The maximum atomic E-state index is 10.8. The van der Waals surface area contributed by atoms with Crippen LogP contribution in [0.25, 0.3) is 0 Å². The number of fused-ring (bicyclic) bond motifs is 1. The molecule has 1 unspecified atom stereocenters. The monoisotopic (exact) mass is 149 g/mol. The maximum absolute atomic E-state index is 10.8. The Morgan fingerprint density at radius 1 is 1.45 bits per heavy atom. The minimum Gasteiger partial charge on any atom is -0.267 e. The highest BCUT2D eigenvalue weighted by molar-refractivity contribution is 6.05. The number of hydrogen-bond acceptors (Lipinski definition) is 1. The molecule has 1 aliphatic heterocycles. The molecule has 0 saturated heterocycles. The molecule has 0 aromatic heterocycles. The number of amides is 1. The molecule has 0 aromatic rings. The second kappa shape index (κ2) is 2.61. The summed E-state index contributed by atoms with van der Waals surface area (Å²) >= 11 is 0. The molecular formula is C9H11NO. The topological polar surface area (TPSA) is 29.4 Å². The van der Waals surface area contributed by atoms with Gasteiger partial charge in [-0.25, -0.2) is 4.99 Å². The van der Waals surface area contributed by atoms with Crippen LogP contribution in [0.1, 0.15) is 25.7 Å². The molecule has 0 N–H and O–H groups in total. The molecule has 2 rings (SSSR count). The number of rotatable bonds is 0. The van der Waals surface area contributed by atoms with Gasteiger partial charge in [0.25, 0.3) is 5.91 Å². The van der Waals surface area contributed by atoms with Crippen LogP contribution >= 0.6 is 0 Å². The summed E-state index contributed by atoms with van der Waals surface area (Å²) in [5, 5.41) is 0. The van der Waals surface area contributed by atoms with Crippen LogP contribution in [0.4, 0.5) is 0 Å². The van der Waals surface area contributed by atoms with Gasteiger partial charge in [0, 0.05) is 17.7 Å². The summed E-state index contributed by atoms with van der Waals surface area (Å²) in [6, 6.07) is 0. The van der Waals surface area contributed by atoms with E-state index in [2.05, 4.69) is 4.99 Å². The van der Waals surface area contributed by atoms with E-state index < -0.39 is 0 Å². The summed E-state index contributed by atoms with van der Waals surface area (Å²) in [5.41, 5.74) is 1.11. The predicted molar refractivity (Wildman–Crippen MR) is 43.5 cm³/mol. The highest BCUT2D eigenvalue weighted by atomic mass is 16.1. The van der Waals surface area contributed by atoms with Crippen molar-refractivity contribution in [3.8, 4) is 0 Å². The molecule has 0 spiro atoms. The molecule has 1 atom stereocenters. The van der Waals surface area contributed by atoms with Crippen molar-refractivity contribution >= 4 is 11.6 Å². The molecule has 1 heterocycles. The van der Waals surface area contributed by atoms with Gasteiger partial charge in [-0.3, -0.25) is 4.79 Å². The third kappa shape index (κ3) is 1.25. The van der Waals surface area contributed by atoms with Crippen molar-refractivity contribution in [3.05, 3.63) is 12.2 Å². The van der Waals surface area contributed by atoms with Crippen molar-refractivity contribution in [2.75, 3.05) is 0 Å². The first-order valence-electron chi connectivity index (χ1n) is 4.16. The Balaban J connectivity index is 2.21. The van der Waals surface area contributed by atoms with Gasteiger partial charge in [0.15, 0.2) is 0 Å². The van der Waals surface area contributed by atoms with Gasteiger partial charge in [0.05, 0.1) is 0 Å². The summed E-state index contributed by atoms with van der Waals surface area (Å²) < 4.78 is 0. The molecule has 1 amide bonds. The van der Waals surface area contributed by atoms with Crippen LogP contribution in [-0.2, 0) is 4.79 Å². The van der Waals surface area contributed by atoms with Crippen LogP contribution in [0.15, 0.2) is 17.1 Å². The molecule has 2 aliphatic rings. The molecule has 1 saturated carbocycles. The highest BCUT2D eigenvalue weighted by Crippen LogP contribution is 2.24. The van der Waals surface area contributed by atoms with Crippen molar-refractivity contribution in [1.29, 1.82) is 0 Å². The second-order valence-electron chi connectivity index (χ2n) is 3.15. The van der Waals surface area contributed by atoms with Crippen molar-refractivity contribution in [1.82, 2.24) is 0 Å². The number of nitrogens with zero attached hydrogens (tertiary/aromatic N) is 1. The van der Waals surface area contributed by atoms with Gasteiger partial charge >= 0.3 is 0 Å². The Bertz CT molecular complexity index is 240. The first-order chi connectivity index (χ1) is 5.36. The van der Waals surface area contributed by atoms with E-state index in [0.717, 1.165) is 12.1 Å². The molecule has 2 heteroatoms. The smallest absolute Gasteiger partial charge is 0.267 e. The Morgan fingerprint density at radius 2 is 2.36 bits per heavy atom. The zero-order chi connectivity index (χ0) is 7.68. The predicted octanol–water partition coefficient (Wildman–Crippen LogP) is 1.71. The lowest BCUT2D eigenvalue weighted by Crippen LogP contribution is -2.21. The third-order valence-electron chi connectivity index (χ3n) is 2.35. The molecule has 1 aliphatic carbocycles. The average Bonchev–Trinajstić information content (AvgIpc) is 2.04. The van der Waals surface area contributed by atoms with Crippen molar-refractivity contribution in [2.45, 2.75) is 25.7 Å². The van der Waals surface area contributed by atoms with Gasteiger partial charge in [-0.05, 0) is 19.3 Å². The molecule has 58 valence electrons. The van der Waals surface area contributed by atoms with Crippen LogP contribution in [0, 0.1) is 5.92 Å². The molecule has 0 bridgehead atoms. The van der Waals surface area contributed by atoms with Crippen LogP contribution in [0.5, 0.6) is 0 Å². The molecule has 11 heavy (non-hydrogen) atoms. The van der Waals surface area contributed by atoms with Gasteiger partial charge in [-0.2, -0.15) is 0 Å². The normalized spacial score (nSPS) is 29.6. The van der Waals surface area contributed by atoms with E-state index in [9.17, 15) is 4.79 Å². The first-order valence-corrected chi connectivity index (χ1v) is 4.16. The van der Waals surface area contributed by atoms with E-state index in [1.165, 1.54) is 19.3 Å². The van der Waals surface area contributed by atoms with Gasteiger partial charge < -0.3 is 0 Å². The molecule has 1 fully saturated rings. The number of dihydropyridines is 1. The fraction of sp³-hybridized carbons (Fsp3) is 0.556. The minimum absolute atomic E-state index is 0.0712. The maximum Gasteiger partial charge on any atom is 0.269 e. The molecular weight excluding hydrogens is 138 g/mol. The lowest BCUT2D eigenvalue weighted by atomic mass is 9.86. The standard InChI is InChI=1S/C9H11NO/c11-9-6-5-7-3-1-2-4-8(7)10-9/h5-7H,1-4H2. The zero-order valence-electron chi connectivity index (χ0n) is 6.42. The van der Waals surface area contributed by atoms with Crippen LogP contribution in [-0.4, -0.2) is 11.6 Å². The quantitative estimate of drug-likeness (QED) is 0.515. The summed E-state index contributed by atoms with van der Waals surface area (Å²) in [6.07, 6.45) is 8.30. The van der Waals surface area contributed by atoms with Gasteiger partial charge in [0.2, 0.25) is 0 Å². The Kier molecular flexibility index (Phi) is 1.60. The largest absolute Gasteiger partial charge is 0.269 e. The van der Waals surface area contributed by atoms with Crippen LogP contribution in [0.3, 0.4) is 0 Å². The summed E-state index contributed by atoms with van der Waals surface area (Å²) in [7, 11) is 0. The van der Waals surface area contributed by atoms with Crippen LogP contribution < -0.4 is 0 Å².